The van der Waals surface area contributed by atoms with Crippen LogP contribution in [0.3, 0.4) is 0 Å². The number of aryl methyl sites for hydroxylation is 1. The van der Waals surface area contributed by atoms with E-state index in [9.17, 15) is 14.7 Å². The third-order valence-electron chi connectivity index (χ3n) is 4.01. The first-order valence-electron chi connectivity index (χ1n) is 8.13. The smallest absolute Gasteiger partial charge is 0.408 e. The number of aliphatic carboxylic acids is 1. The van der Waals surface area contributed by atoms with Crippen LogP contribution in [0.25, 0.3) is 0 Å². The Kier molecular flexibility index (Phi) is 5.49. The molecule has 1 aromatic carbocycles. The van der Waals surface area contributed by atoms with Crippen LogP contribution in [-0.4, -0.2) is 41.0 Å². The van der Waals surface area contributed by atoms with Gasteiger partial charge in [-0.25, -0.2) is 9.59 Å². The van der Waals surface area contributed by atoms with Gasteiger partial charge in [-0.05, 0) is 39.2 Å². The average Bonchev–Trinajstić information content (AvgIpc) is 2.88. The molecule has 0 aliphatic carbocycles. The molecule has 1 aromatic rings. The minimum atomic E-state index is -1.45. The zero-order chi connectivity index (χ0) is 17.8. The van der Waals surface area contributed by atoms with Crippen molar-refractivity contribution in [2.75, 3.05) is 6.61 Å². The van der Waals surface area contributed by atoms with Crippen molar-refractivity contribution in [1.82, 2.24) is 5.32 Å². The van der Waals surface area contributed by atoms with Gasteiger partial charge >= 0.3 is 12.1 Å². The van der Waals surface area contributed by atoms with Gasteiger partial charge in [0, 0.05) is 6.42 Å². The summed E-state index contributed by atoms with van der Waals surface area (Å²) in [5, 5.41) is 12.3. The van der Waals surface area contributed by atoms with Crippen LogP contribution in [0.2, 0.25) is 0 Å². The van der Waals surface area contributed by atoms with Gasteiger partial charge in [0.15, 0.2) is 5.54 Å². The molecule has 132 valence electrons. The molecule has 0 radical (unpaired) electrons. The van der Waals surface area contributed by atoms with E-state index in [4.69, 9.17) is 9.47 Å². The molecule has 2 rings (SSSR count). The fourth-order valence-corrected chi connectivity index (χ4v) is 2.86. The number of rotatable bonds is 5. The Morgan fingerprint density at radius 2 is 2.00 bits per heavy atom. The highest BCUT2D eigenvalue weighted by Gasteiger charge is 2.52. The van der Waals surface area contributed by atoms with Crippen LogP contribution in [0.15, 0.2) is 30.3 Å². The van der Waals surface area contributed by atoms with Crippen LogP contribution in [0.4, 0.5) is 4.79 Å². The van der Waals surface area contributed by atoms with E-state index in [0.29, 0.717) is 19.4 Å². The molecule has 6 heteroatoms. The summed E-state index contributed by atoms with van der Waals surface area (Å²) in [6.45, 7) is 5.50. The van der Waals surface area contributed by atoms with Crippen LogP contribution in [-0.2, 0) is 20.7 Å². The maximum Gasteiger partial charge on any atom is 0.408 e. The van der Waals surface area contributed by atoms with Gasteiger partial charge in [0.05, 0.1) is 12.7 Å². The number of hydrogen-bond acceptors (Lipinski definition) is 4. The number of nitrogens with one attached hydrogen (secondary N) is 1. The lowest BCUT2D eigenvalue weighted by atomic mass is 9.87. The lowest BCUT2D eigenvalue weighted by Gasteiger charge is -2.32. The average molecular weight is 335 g/mol. The maximum atomic E-state index is 12.1. The van der Waals surface area contributed by atoms with Gasteiger partial charge in [0.25, 0.3) is 0 Å². The van der Waals surface area contributed by atoms with E-state index in [2.05, 4.69) is 5.32 Å². The van der Waals surface area contributed by atoms with Crippen molar-refractivity contribution < 1.29 is 24.2 Å². The standard InChI is InChI=1S/C18H25NO5/c1-17(2,3)24-16(22)19-18(15(20)21)11-12-23-14(18)10-9-13-7-5-4-6-8-13/h4-8,14H,9-12H2,1-3H3,(H,19,22)(H,20,21)/t14-,18?/m0/s1. The van der Waals surface area contributed by atoms with E-state index in [1.807, 2.05) is 30.3 Å². The SMILES string of the molecule is CC(C)(C)OC(=O)NC1(C(=O)O)CCO[C@H]1CCc1ccccc1. The van der Waals surface area contributed by atoms with Gasteiger partial charge in [0.2, 0.25) is 0 Å². The molecule has 0 saturated carbocycles. The second-order valence-electron chi connectivity index (χ2n) is 7.04. The number of hydrogen-bond donors (Lipinski definition) is 2. The molecule has 0 bridgehead atoms. The molecule has 24 heavy (non-hydrogen) atoms. The predicted octanol–water partition coefficient (Wildman–Crippen LogP) is 2.76. The summed E-state index contributed by atoms with van der Waals surface area (Å²) in [6.07, 6.45) is 0.0757. The Hall–Kier alpha value is -2.08. The van der Waals surface area contributed by atoms with E-state index in [1.165, 1.54) is 0 Å². The molecule has 1 saturated heterocycles. The lowest BCUT2D eigenvalue weighted by molar-refractivity contribution is -0.147. The summed E-state index contributed by atoms with van der Waals surface area (Å²) in [6, 6.07) is 9.78. The number of ether oxygens (including phenoxy) is 2. The molecule has 1 heterocycles. The van der Waals surface area contributed by atoms with Crippen molar-refractivity contribution in [3.05, 3.63) is 35.9 Å². The zero-order valence-corrected chi connectivity index (χ0v) is 14.4. The van der Waals surface area contributed by atoms with Gasteiger partial charge in [-0.3, -0.25) is 0 Å². The topological polar surface area (TPSA) is 84.9 Å². The molecule has 1 unspecified atom stereocenters. The number of amides is 1. The quantitative estimate of drug-likeness (QED) is 0.864. The Bertz CT molecular complexity index is 581. The van der Waals surface area contributed by atoms with E-state index >= 15 is 0 Å². The van der Waals surface area contributed by atoms with Gasteiger partial charge in [0.1, 0.15) is 5.60 Å². The maximum absolute atomic E-state index is 12.1. The van der Waals surface area contributed by atoms with Gasteiger partial charge in [-0.15, -0.1) is 0 Å². The van der Waals surface area contributed by atoms with Crippen LogP contribution in [0.1, 0.15) is 39.2 Å². The van der Waals surface area contributed by atoms with Crippen molar-refractivity contribution in [2.45, 2.75) is 57.3 Å². The predicted molar refractivity (Wildman–Crippen MR) is 88.9 cm³/mol. The minimum absolute atomic E-state index is 0.223. The van der Waals surface area contributed by atoms with Gasteiger partial charge in [-0.1, -0.05) is 30.3 Å². The fraction of sp³-hybridized carbons (Fsp3) is 0.556. The van der Waals surface area contributed by atoms with Crippen LogP contribution >= 0.6 is 0 Å². The highest BCUT2D eigenvalue weighted by Crippen LogP contribution is 2.30. The van der Waals surface area contributed by atoms with E-state index in [1.54, 1.807) is 20.8 Å². The van der Waals surface area contributed by atoms with E-state index in [0.717, 1.165) is 5.56 Å². The Morgan fingerprint density at radius 1 is 1.33 bits per heavy atom. The monoisotopic (exact) mass is 335 g/mol. The summed E-state index contributed by atoms with van der Waals surface area (Å²) >= 11 is 0. The number of benzene rings is 1. The van der Waals surface area contributed by atoms with Crippen LogP contribution < -0.4 is 5.32 Å². The summed E-state index contributed by atoms with van der Waals surface area (Å²) in [7, 11) is 0. The van der Waals surface area contributed by atoms with Crippen molar-refractivity contribution in [2.24, 2.45) is 0 Å². The van der Waals surface area contributed by atoms with Gasteiger partial charge < -0.3 is 19.9 Å². The number of carboxylic acids is 1. The molecular weight excluding hydrogens is 310 g/mol. The normalized spacial score (nSPS) is 23.7. The molecule has 1 fully saturated rings. The van der Waals surface area contributed by atoms with Crippen molar-refractivity contribution >= 4 is 12.1 Å². The zero-order valence-electron chi connectivity index (χ0n) is 14.4. The number of alkyl carbamates (subject to hydrolysis) is 1. The third-order valence-corrected chi connectivity index (χ3v) is 4.01. The Morgan fingerprint density at radius 3 is 2.58 bits per heavy atom. The number of carboxylic acid groups (broad SMARTS) is 1. The largest absolute Gasteiger partial charge is 0.479 e. The van der Waals surface area contributed by atoms with Crippen molar-refractivity contribution in [3.63, 3.8) is 0 Å². The molecule has 1 aliphatic heterocycles. The molecular formula is C18H25NO5. The fourth-order valence-electron chi connectivity index (χ4n) is 2.86. The molecule has 0 aromatic heterocycles. The van der Waals surface area contributed by atoms with Gasteiger partial charge in [-0.2, -0.15) is 0 Å². The molecule has 6 nitrogen and oxygen atoms in total. The van der Waals surface area contributed by atoms with E-state index < -0.39 is 29.3 Å². The molecule has 1 amide bonds. The Balaban J connectivity index is 2.08. The number of carbonyl (C=O) groups excluding carboxylic acids is 1. The number of carbonyl (C=O) groups is 2. The molecule has 1 aliphatic rings. The summed E-state index contributed by atoms with van der Waals surface area (Å²) in [5.41, 5.74) is -1.04. The van der Waals surface area contributed by atoms with E-state index in [-0.39, 0.29) is 6.42 Å². The second-order valence-corrected chi connectivity index (χ2v) is 7.04. The summed E-state index contributed by atoms with van der Waals surface area (Å²) < 4.78 is 10.8. The first kappa shape index (κ1) is 18.3. The van der Waals surface area contributed by atoms with Crippen molar-refractivity contribution in [1.29, 1.82) is 0 Å². The third kappa shape index (κ3) is 4.47. The van der Waals surface area contributed by atoms with Crippen molar-refractivity contribution in [3.8, 4) is 0 Å². The second kappa shape index (κ2) is 7.21. The van der Waals surface area contributed by atoms with Crippen LogP contribution in [0.5, 0.6) is 0 Å². The lowest BCUT2D eigenvalue weighted by Crippen LogP contribution is -2.60. The van der Waals surface area contributed by atoms with Crippen LogP contribution in [0, 0.1) is 0 Å². The highest BCUT2D eigenvalue weighted by atomic mass is 16.6. The highest BCUT2D eigenvalue weighted by molar-refractivity contribution is 5.85. The molecule has 0 spiro atoms. The molecule has 2 N–H and O–H groups in total. The first-order chi connectivity index (χ1) is 11.2. The first-order valence-corrected chi connectivity index (χ1v) is 8.13. The summed E-state index contributed by atoms with van der Waals surface area (Å²) in [5.74, 6) is -1.09. The minimum Gasteiger partial charge on any atom is -0.479 e. The summed E-state index contributed by atoms with van der Waals surface area (Å²) in [4.78, 5) is 24.0. The molecule has 2 atom stereocenters. The Labute approximate surface area is 142 Å².